The van der Waals surface area contributed by atoms with Crippen molar-refractivity contribution in [3.8, 4) is 22.4 Å². The van der Waals surface area contributed by atoms with Crippen molar-refractivity contribution in [2.24, 2.45) is 0 Å². The topological polar surface area (TPSA) is 93.2 Å². The molecule has 0 saturated heterocycles. The maximum absolute atomic E-state index is 15.0. The molecule has 0 aliphatic heterocycles. The molecule has 0 radical (unpaired) electrons. The van der Waals surface area contributed by atoms with Gasteiger partial charge in [-0.25, -0.2) is 18.6 Å². The van der Waals surface area contributed by atoms with Gasteiger partial charge >= 0.3 is 6.09 Å². The number of halogens is 2. The molecule has 200 valence electrons. The van der Waals surface area contributed by atoms with Gasteiger partial charge in [-0.15, -0.1) is 0 Å². The number of hydrogen-bond donors (Lipinski definition) is 2. The second-order valence-corrected chi connectivity index (χ2v) is 9.58. The fraction of sp³-hybridized carbons (Fsp3) is 0.200. The fourth-order valence-electron chi connectivity index (χ4n) is 4.09. The Morgan fingerprint density at radius 1 is 0.949 bits per heavy atom. The third-order valence-corrected chi connectivity index (χ3v) is 6.11. The van der Waals surface area contributed by atoms with Crippen LogP contribution in [-0.4, -0.2) is 29.1 Å². The van der Waals surface area contributed by atoms with Gasteiger partial charge in [0.05, 0.1) is 18.5 Å². The summed E-state index contributed by atoms with van der Waals surface area (Å²) in [6.07, 6.45) is 0.897. The average Bonchev–Trinajstić information content (AvgIpc) is 2.89. The van der Waals surface area contributed by atoms with E-state index in [0.717, 1.165) is 5.56 Å². The second-order valence-electron chi connectivity index (χ2n) is 9.58. The first-order valence-electron chi connectivity index (χ1n) is 12.2. The molecule has 0 atom stereocenters. The molecule has 0 spiro atoms. The highest BCUT2D eigenvalue weighted by Gasteiger charge is 2.21. The van der Waals surface area contributed by atoms with Gasteiger partial charge in [0, 0.05) is 23.0 Å². The monoisotopic (exact) mass is 530 g/mol. The number of nitrogens with zero attached hydrogens (tertiary/aromatic N) is 2. The van der Waals surface area contributed by atoms with Crippen molar-refractivity contribution in [1.29, 1.82) is 0 Å². The first kappa shape index (κ1) is 27.4. The number of benzene rings is 2. The number of anilines is 2. The Labute approximate surface area is 225 Å². The Kier molecular flexibility index (Phi) is 7.71. The van der Waals surface area contributed by atoms with E-state index in [-0.39, 0.29) is 11.3 Å². The molecule has 7 nitrogen and oxygen atoms in total. The number of hydrogen-bond acceptors (Lipinski definition) is 5. The summed E-state index contributed by atoms with van der Waals surface area (Å²) in [5, 5.41) is 5.15. The summed E-state index contributed by atoms with van der Waals surface area (Å²) >= 11 is 0. The smallest absolute Gasteiger partial charge is 0.412 e. The lowest BCUT2D eigenvalue weighted by Crippen LogP contribution is -2.15. The van der Waals surface area contributed by atoms with Gasteiger partial charge in [-0.3, -0.25) is 15.1 Å². The van der Waals surface area contributed by atoms with Crippen molar-refractivity contribution in [3.05, 3.63) is 95.1 Å². The molecule has 9 heteroatoms. The van der Waals surface area contributed by atoms with Crippen molar-refractivity contribution >= 4 is 23.5 Å². The predicted octanol–water partition coefficient (Wildman–Crippen LogP) is 7.20. The standard InChI is InChI=1S/C30H28F2N4O3/c1-17-11-24(31)26(35-28(37)20-7-6-8-22(13-20)30(3,4)32)16-23(17)21-12-18(2)34-25(14-21)19-9-10-33-27(15-19)36-29(38)39-5/h6-16H,1-5H3,(H,35,37)(H,33,36,38). The van der Waals surface area contributed by atoms with E-state index < -0.39 is 23.5 Å². The predicted molar refractivity (Wildman–Crippen MR) is 147 cm³/mol. The molecule has 0 aliphatic rings. The van der Waals surface area contributed by atoms with E-state index in [9.17, 15) is 18.4 Å². The van der Waals surface area contributed by atoms with Crippen molar-refractivity contribution in [2.45, 2.75) is 33.4 Å². The summed E-state index contributed by atoms with van der Waals surface area (Å²) in [7, 11) is 1.26. The number of aryl methyl sites for hydroxylation is 2. The van der Waals surface area contributed by atoms with Gasteiger partial charge in [0.15, 0.2) is 0 Å². The van der Waals surface area contributed by atoms with E-state index in [2.05, 4.69) is 25.3 Å². The molecular weight excluding hydrogens is 502 g/mol. The van der Waals surface area contributed by atoms with Gasteiger partial charge in [-0.1, -0.05) is 12.1 Å². The normalized spacial score (nSPS) is 11.2. The van der Waals surface area contributed by atoms with Gasteiger partial charge in [0.2, 0.25) is 0 Å². The number of aromatic nitrogens is 2. The zero-order chi connectivity index (χ0) is 28.3. The molecule has 4 rings (SSSR count). The molecule has 2 aromatic carbocycles. The van der Waals surface area contributed by atoms with Gasteiger partial charge in [-0.05, 0) is 98.5 Å². The van der Waals surface area contributed by atoms with Gasteiger partial charge in [-0.2, -0.15) is 0 Å². The van der Waals surface area contributed by atoms with Gasteiger partial charge < -0.3 is 10.1 Å². The maximum Gasteiger partial charge on any atom is 0.412 e. The molecule has 0 unspecified atom stereocenters. The first-order chi connectivity index (χ1) is 18.4. The molecular formula is C30H28F2N4O3. The van der Waals surface area contributed by atoms with E-state index >= 15 is 0 Å². The lowest BCUT2D eigenvalue weighted by Gasteiger charge is -2.16. The molecule has 0 saturated carbocycles. The molecule has 2 N–H and O–H groups in total. The van der Waals surface area contributed by atoms with E-state index in [4.69, 9.17) is 0 Å². The highest BCUT2D eigenvalue weighted by atomic mass is 19.1. The van der Waals surface area contributed by atoms with Crippen LogP contribution in [0.4, 0.5) is 25.1 Å². The second kappa shape index (κ2) is 11.0. The molecule has 4 aromatic rings. The van der Waals surface area contributed by atoms with Crippen molar-refractivity contribution in [2.75, 3.05) is 17.7 Å². The molecule has 2 heterocycles. The number of pyridine rings is 2. The van der Waals surface area contributed by atoms with Gasteiger partial charge in [0.25, 0.3) is 5.91 Å². The zero-order valence-corrected chi connectivity index (χ0v) is 22.2. The average molecular weight is 531 g/mol. The number of nitrogens with one attached hydrogen (secondary N) is 2. The summed E-state index contributed by atoms with van der Waals surface area (Å²) in [6, 6.07) is 16.2. The SMILES string of the molecule is COC(=O)Nc1cc(-c2cc(-c3cc(NC(=O)c4cccc(C(C)(C)F)c4)c(F)cc3C)cc(C)n2)ccn1. The van der Waals surface area contributed by atoms with Crippen LogP contribution in [0.25, 0.3) is 22.4 Å². The molecule has 0 fully saturated rings. The van der Waals surface area contributed by atoms with Gasteiger partial charge in [0.1, 0.15) is 17.3 Å². The molecule has 0 bridgehead atoms. The van der Waals surface area contributed by atoms with Crippen molar-refractivity contribution < 1.29 is 23.1 Å². The Morgan fingerprint density at radius 3 is 2.44 bits per heavy atom. The third-order valence-electron chi connectivity index (χ3n) is 6.11. The van der Waals surface area contributed by atoms with Crippen molar-refractivity contribution in [1.82, 2.24) is 9.97 Å². The number of amides is 2. The van der Waals surface area contributed by atoms with Crippen LogP contribution in [-0.2, 0) is 10.4 Å². The number of carbonyl (C=O) groups excluding carboxylic acids is 2. The number of carbonyl (C=O) groups is 2. The van der Waals surface area contributed by atoms with E-state index in [1.165, 1.54) is 33.1 Å². The first-order valence-corrected chi connectivity index (χ1v) is 12.2. The zero-order valence-electron chi connectivity index (χ0n) is 22.2. The van der Waals surface area contributed by atoms with Crippen LogP contribution in [0.5, 0.6) is 0 Å². The summed E-state index contributed by atoms with van der Waals surface area (Å²) in [6.45, 7) is 6.42. The lowest BCUT2D eigenvalue weighted by atomic mass is 9.97. The highest BCUT2D eigenvalue weighted by molar-refractivity contribution is 6.04. The van der Waals surface area contributed by atoms with Crippen LogP contribution in [0.3, 0.4) is 0 Å². The number of alkyl halides is 1. The van der Waals surface area contributed by atoms with Crippen molar-refractivity contribution in [3.63, 3.8) is 0 Å². The Hall–Kier alpha value is -4.66. The Balaban J connectivity index is 1.68. The largest absolute Gasteiger partial charge is 0.453 e. The highest BCUT2D eigenvalue weighted by Crippen LogP contribution is 2.33. The lowest BCUT2D eigenvalue weighted by molar-refractivity contribution is 0.102. The molecule has 2 aromatic heterocycles. The van der Waals surface area contributed by atoms with E-state index in [1.54, 1.807) is 49.5 Å². The minimum atomic E-state index is -1.62. The Bertz CT molecular complexity index is 1560. The quantitative estimate of drug-likeness (QED) is 0.275. The Morgan fingerprint density at radius 2 is 1.72 bits per heavy atom. The maximum atomic E-state index is 15.0. The van der Waals surface area contributed by atoms with Crippen LogP contribution in [0, 0.1) is 19.7 Å². The number of rotatable bonds is 6. The summed E-state index contributed by atoms with van der Waals surface area (Å²) in [5.41, 5.74) is 3.07. The number of methoxy groups -OCH3 is 1. The van der Waals surface area contributed by atoms with Crippen LogP contribution in [0.2, 0.25) is 0 Å². The fourth-order valence-corrected chi connectivity index (χ4v) is 4.09. The minimum absolute atomic E-state index is 0.00463. The molecule has 2 amide bonds. The summed E-state index contributed by atoms with van der Waals surface area (Å²) in [4.78, 5) is 33.3. The molecule has 0 aliphatic carbocycles. The van der Waals surface area contributed by atoms with Crippen LogP contribution >= 0.6 is 0 Å². The van der Waals surface area contributed by atoms with Crippen LogP contribution in [0.1, 0.15) is 41.0 Å². The summed E-state index contributed by atoms with van der Waals surface area (Å²) < 4.78 is 34.0. The minimum Gasteiger partial charge on any atom is -0.453 e. The summed E-state index contributed by atoms with van der Waals surface area (Å²) in [5.74, 6) is -0.846. The van der Waals surface area contributed by atoms with E-state index in [1.807, 2.05) is 19.1 Å². The van der Waals surface area contributed by atoms with Crippen LogP contribution < -0.4 is 10.6 Å². The third kappa shape index (κ3) is 6.43. The molecule has 39 heavy (non-hydrogen) atoms. The van der Waals surface area contributed by atoms with Crippen LogP contribution in [0.15, 0.2) is 66.9 Å². The van der Waals surface area contributed by atoms with E-state index in [0.29, 0.717) is 39.5 Å². The number of ether oxygens (including phenoxy) is 1.